The van der Waals surface area contributed by atoms with Crippen LogP contribution in [0.1, 0.15) is 36.9 Å². The second kappa shape index (κ2) is 4.09. The van der Waals surface area contributed by atoms with Crippen LogP contribution < -0.4 is 5.32 Å². The summed E-state index contributed by atoms with van der Waals surface area (Å²) in [4.78, 5) is 0. The zero-order chi connectivity index (χ0) is 9.97. The Balaban J connectivity index is 2.32. The van der Waals surface area contributed by atoms with Crippen molar-refractivity contribution in [3.8, 4) is 0 Å². The minimum Gasteiger partial charge on any atom is -0.310 e. The maximum absolute atomic E-state index is 13.1. The van der Waals surface area contributed by atoms with Gasteiger partial charge in [0.25, 0.3) is 0 Å². The van der Waals surface area contributed by atoms with Crippen molar-refractivity contribution in [2.24, 2.45) is 0 Å². The molecule has 0 amide bonds. The predicted octanol–water partition coefficient (Wildman–Crippen LogP) is 2.81. The quantitative estimate of drug-likeness (QED) is 0.761. The summed E-state index contributed by atoms with van der Waals surface area (Å²) in [5, 5.41) is 3.44. The first-order valence-corrected chi connectivity index (χ1v) is 5.33. The molecule has 14 heavy (non-hydrogen) atoms. The first-order chi connectivity index (χ1) is 6.81. The molecule has 0 aromatic heterocycles. The summed E-state index contributed by atoms with van der Waals surface area (Å²) in [6, 6.07) is 5.53. The molecule has 0 fully saturated rings. The van der Waals surface area contributed by atoms with Crippen molar-refractivity contribution in [1.82, 2.24) is 5.32 Å². The summed E-state index contributed by atoms with van der Waals surface area (Å²) in [7, 11) is 0. The summed E-state index contributed by atoms with van der Waals surface area (Å²) in [6.45, 7) is 3.18. The molecule has 0 bridgehead atoms. The van der Waals surface area contributed by atoms with E-state index >= 15 is 0 Å². The van der Waals surface area contributed by atoms with E-state index < -0.39 is 0 Å². The number of benzene rings is 1. The third kappa shape index (κ3) is 1.80. The summed E-state index contributed by atoms with van der Waals surface area (Å²) in [5.74, 6) is -0.117. The molecular weight excluding hydrogens is 177 g/mol. The van der Waals surface area contributed by atoms with Gasteiger partial charge in [-0.1, -0.05) is 19.4 Å². The van der Waals surface area contributed by atoms with Crippen LogP contribution >= 0.6 is 0 Å². The SMILES string of the molecule is CCCC1NCCc2ccc(F)cc21. The molecule has 76 valence electrons. The molecule has 1 unspecified atom stereocenters. The summed E-state index contributed by atoms with van der Waals surface area (Å²) < 4.78 is 13.1. The largest absolute Gasteiger partial charge is 0.310 e. The fourth-order valence-corrected chi connectivity index (χ4v) is 2.16. The van der Waals surface area contributed by atoms with Crippen molar-refractivity contribution in [2.45, 2.75) is 32.2 Å². The van der Waals surface area contributed by atoms with Gasteiger partial charge >= 0.3 is 0 Å². The first-order valence-electron chi connectivity index (χ1n) is 5.33. The van der Waals surface area contributed by atoms with Crippen molar-refractivity contribution >= 4 is 0 Å². The highest BCUT2D eigenvalue weighted by molar-refractivity contribution is 5.32. The van der Waals surface area contributed by atoms with Crippen molar-refractivity contribution < 1.29 is 4.39 Å². The Hall–Kier alpha value is -0.890. The molecule has 0 saturated heterocycles. The molecule has 1 aliphatic rings. The van der Waals surface area contributed by atoms with E-state index in [4.69, 9.17) is 0 Å². The molecule has 2 heteroatoms. The van der Waals surface area contributed by atoms with Gasteiger partial charge in [0.2, 0.25) is 0 Å². The van der Waals surface area contributed by atoms with Crippen LogP contribution in [0.5, 0.6) is 0 Å². The average Bonchev–Trinajstić information content (AvgIpc) is 2.19. The number of hydrogen-bond donors (Lipinski definition) is 1. The van der Waals surface area contributed by atoms with Gasteiger partial charge in [-0.3, -0.25) is 0 Å². The second-order valence-electron chi connectivity index (χ2n) is 3.89. The standard InChI is InChI=1S/C12H16FN/c1-2-3-12-11-8-10(13)5-4-9(11)6-7-14-12/h4-5,8,12,14H,2-3,6-7H2,1H3. The van der Waals surface area contributed by atoms with Gasteiger partial charge in [-0.05, 0) is 42.6 Å². The normalized spacial score (nSPS) is 20.6. The second-order valence-corrected chi connectivity index (χ2v) is 3.89. The molecule has 2 rings (SSSR count). The third-order valence-electron chi connectivity index (χ3n) is 2.85. The van der Waals surface area contributed by atoms with Crippen molar-refractivity contribution in [2.75, 3.05) is 6.54 Å². The Morgan fingerprint density at radius 1 is 1.50 bits per heavy atom. The van der Waals surface area contributed by atoms with Crippen LogP contribution in [0.25, 0.3) is 0 Å². The minimum absolute atomic E-state index is 0.117. The van der Waals surface area contributed by atoms with Gasteiger partial charge < -0.3 is 5.32 Å². The zero-order valence-electron chi connectivity index (χ0n) is 8.52. The lowest BCUT2D eigenvalue weighted by atomic mass is 9.92. The zero-order valence-corrected chi connectivity index (χ0v) is 8.52. The van der Waals surface area contributed by atoms with Crippen LogP contribution in [0.2, 0.25) is 0 Å². The van der Waals surface area contributed by atoms with Crippen LogP contribution in [0, 0.1) is 5.82 Å². The Kier molecular flexibility index (Phi) is 2.82. The molecular formula is C12H16FN. The van der Waals surface area contributed by atoms with Crippen LogP contribution in [-0.2, 0) is 6.42 Å². The molecule has 0 spiro atoms. The lowest BCUT2D eigenvalue weighted by molar-refractivity contribution is 0.467. The van der Waals surface area contributed by atoms with Crippen molar-refractivity contribution in [1.29, 1.82) is 0 Å². The van der Waals surface area contributed by atoms with Gasteiger partial charge in [-0.15, -0.1) is 0 Å². The van der Waals surface area contributed by atoms with E-state index in [1.54, 1.807) is 12.1 Å². The van der Waals surface area contributed by atoms with Crippen molar-refractivity contribution in [3.05, 3.63) is 35.1 Å². The molecule has 1 atom stereocenters. The molecule has 0 aliphatic carbocycles. The van der Waals surface area contributed by atoms with E-state index in [-0.39, 0.29) is 5.82 Å². The molecule has 0 radical (unpaired) electrons. The molecule has 0 saturated carbocycles. The maximum atomic E-state index is 13.1. The van der Waals surface area contributed by atoms with Crippen molar-refractivity contribution in [3.63, 3.8) is 0 Å². The van der Waals surface area contributed by atoms with E-state index in [2.05, 4.69) is 12.2 Å². The Bertz CT molecular complexity index is 322. The van der Waals surface area contributed by atoms with Gasteiger partial charge in [0, 0.05) is 6.04 Å². The Morgan fingerprint density at radius 2 is 2.36 bits per heavy atom. The van der Waals surface area contributed by atoms with Gasteiger partial charge in [-0.2, -0.15) is 0 Å². The number of halogens is 1. The van der Waals surface area contributed by atoms with Crippen LogP contribution in [0.3, 0.4) is 0 Å². The number of nitrogens with one attached hydrogen (secondary N) is 1. The number of rotatable bonds is 2. The minimum atomic E-state index is -0.117. The predicted molar refractivity (Wildman–Crippen MR) is 55.8 cm³/mol. The molecule has 1 nitrogen and oxygen atoms in total. The lowest BCUT2D eigenvalue weighted by Gasteiger charge is -2.26. The molecule has 1 aromatic carbocycles. The van der Waals surface area contributed by atoms with E-state index in [1.807, 2.05) is 6.07 Å². The highest BCUT2D eigenvalue weighted by Crippen LogP contribution is 2.26. The summed E-state index contributed by atoms with van der Waals surface area (Å²) in [6.07, 6.45) is 3.25. The van der Waals surface area contributed by atoms with Gasteiger partial charge in [0.15, 0.2) is 0 Å². The summed E-state index contributed by atoms with van der Waals surface area (Å²) in [5.41, 5.74) is 2.47. The lowest BCUT2D eigenvalue weighted by Crippen LogP contribution is -2.29. The molecule has 1 heterocycles. The maximum Gasteiger partial charge on any atom is 0.123 e. The highest BCUT2D eigenvalue weighted by Gasteiger charge is 2.18. The van der Waals surface area contributed by atoms with Gasteiger partial charge in [0.1, 0.15) is 5.82 Å². The molecule has 1 N–H and O–H groups in total. The van der Waals surface area contributed by atoms with Crippen LogP contribution in [0.4, 0.5) is 4.39 Å². The van der Waals surface area contributed by atoms with E-state index in [0.717, 1.165) is 31.4 Å². The number of hydrogen-bond acceptors (Lipinski definition) is 1. The van der Waals surface area contributed by atoms with Gasteiger partial charge in [0.05, 0.1) is 0 Å². The van der Waals surface area contributed by atoms with Gasteiger partial charge in [-0.25, -0.2) is 4.39 Å². The smallest absolute Gasteiger partial charge is 0.123 e. The van der Waals surface area contributed by atoms with Crippen LogP contribution in [0.15, 0.2) is 18.2 Å². The Labute approximate surface area is 84.3 Å². The highest BCUT2D eigenvalue weighted by atomic mass is 19.1. The first kappa shape index (κ1) is 9.66. The summed E-state index contributed by atoms with van der Waals surface area (Å²) >= 11 is 0. The molecule has 1 aromatic rings. The third-order valence-corrected chi connectivity index (χ3v) is 2.85. The monoisotopic (exact) mass is 193 g/mol. The fraction of sp³-hybridized carbons (Fsp3) is 0.500. The van der Waals surface area contributed by atoms with E-state index in [9.17, 15) is 4.39 Å². The fourth-order valence-electron chi connectivity index (χ4n) is 2.16. The number of fused-ring (bicyclic) bond motifs is 1. The average molecular weight is 193 g/mol. The van der Waals surface area contributed by atoms with Crippen LogP contribution in [-0.4, -0.2) is 6.54 Å². The van der Waals surface area contributed by atoms with E-state index in [0.29, 0.717) is 6.04 Å². The Morgan fingerprint density at radius 3 is 3.14 bits per heavy atom. The van der Waals surface area contributed by atoms with E-state index in [1.165, 1.54) is 5.56 Å². The topological polar surface area (TPSA) is 12.0 Å². The molecule has 1 aliphatic heterocycles.